The van der Waals surface area contributed by atoms with Gasteiger partial charge in [-0.05, 0) is 59.0 Å². The number of hydrogen-bond donors (Lipinski definition) is 1. The van der Waals surface area contributed by atoms with Crippen LogP contribution < -0.4 is 15.0 Å². The number of hydrogen-bond acceptors (Lipinski definition) is 5. The summed E-state index contributed by atoms with van der Waals surface area (Å²) in [6.45, 7) is 2.01. The van der Waals surface area contributed by atoms with E-state index in [-0.39, 0.29) is 33.1 Å². The van der Waals surface area contributed by atoms with Crippen LogP contribution in [0.3, 0.4) is 0 Å². The standard InChI is InChI=1S/C22H22BrF2N3O5S/c1-13-4-6-27(7-5-13)34(31,32)15-2-3-19-18(10-15)28(21(30)12-33-19)11-20(29)26-22-16(23)8-14(24)9-17(22)25/h2-3,8-10,13H,4-7,11-12H2,1H3,(H,26,29). The van der Waals surface area contributed by atoms with Gasteiger partial charge in [0.25, 0.3) is 5.91 Å². The first-order valence-corrected chi connectivity index (χ1v) is 12.8. The molecule has 2 aliphatic rings. The summed E-state index contributed by atoms with van der Waals surface area (Å²) in [5.74, 6) is -2.45. The second-order valence-electron chi connectivity index (χ2n) is 8.28. The van der Waals surface area contributed by atoms with E-state index in [9.17, 15) is 26.8 Å². The molecular formula is C22H22BrF2N3O5S. The van der Waals surface area contributed by atoms with Gasteiger partial charge in [0.05, 0.1) is 16.3 Å². The molecule has 4 rings (SSSR count). The quantitative estimate of drug-likeness (QED) is 0.606. The maximum Gasteiger partial charge on any atom is 0.265 e. The molecule has 0 saturated carbocycles. The number of ether oxygens (including phenoxy) is 1. The van der Waals surface area contributed by atoms with Crippen LogP contribution >= 0.6 is 15.9 Å². The molecule has 1 saturated heterocycles. The molecule has 2 aliphatic heterocycles. The molecule has 1 N–H and O–H groups in total. The highest BCUT2D eigenvalue weighted by molar-refractivity contribution is 9.10. The van der Waals surface area contributed by atoms with Crippen LogP contribution in [-0.2, 0) is 19.6 Å². The van der Waals surface area contributed by atoms with Crippen LogP contribution in [0.4, 0.5) is 20.2 Å². The number of anilines is 2. The number of rotatable bonds is 5. The van der Waals surface area contributed by atoms with Gasteiger partial charge in [0.2, 0.25) is 15.9 Å². The van der Waals surface area contributed by atoms with Crippen molar-refractivity contribution < 1.29 is 31.5 Å². The van der Waals surface area contributed by atoms with Crippen LogP contribution in [-0.4, -0.2) is 50.8 Å². The molecule has 0 spiro atoms. The molecule has 8 nitrogen and oxygen atoms in total. The lowest BCUT2D eigenvalue weighted by Crippen LogP contribution is -2.43. The maximum absolute atomic E-state index is 14.1. The van der Waals surface area contributed by atoms with Gasteiger partial charge >= 0.3 is 0 Å². The number of carbonyl (C=O) groups is 2. The van der Waals surface area contributed by atoms with E-state index in [2.05, 4.69) is 28.2 Å². The van der Waals surface area contributed by atoms with Gasteiger partial charge in [-0.25, -0.2) is 17.2 Å². The third kappa shape index (κ3) is 4.93. The Hall–Kier alpha value is -2.57. The van der Waals surface area contributed by atoms with Crippen LogP contribution in [0.25, 0.3) is 0 Å². The molecule has 182 valence electrons. The summed E-state index contributed by atoms with van der Waals surface area (Å²) in [7, 11) is -3.80. The molecule has 2 amide bonds. The molecule has 2 heterocycles. The van der Waals surface area contributed by atoms with Crippen molar-refractivity contribution in [2.24, 2.45) is 5.92 Å². The molecule has 0 atom stereocenters. The minimum atomic E-state index is -3.80. The van der Waals surface area contributed by atoms with Crippen LogP contribution in [0, 0.1) is 17.6 Å². The van der Waals surface area contributed by atoms with E-state index in [1.54, 1.807) is 0 Å². The SMILES string of the molecule is CC1CCN(S(=O)(=O)c2ccc3c(c2)N(CC(=O)Nc2c(F)cc(F)cc2Br)C(=O)CO3)CC1. The van der Waals surface area contributed by atoms with Gasteiger partial charge in [0, 0.05) is 23.6 Å². The normalized spacial score (nSPS) is 17.3. The summed E-state index contributed by atoms with van der Waals surface area (Å²) in [6, 6.07) is 5.77. The number of benzene rings is 2. The Bertz CT molecular complexity index is 1230. The number of fused-ring (bicyclic) bond motifs is 1. The lowest BCUT2D eigenvalue weighted by molar-refractivity contribution is -0.123. The molecule has 0 bridgehead atoms. The second-order valence-corrected chi connectivity index (χ2v) is 11.1. The number of carbonyl (C=O) groups excluding carboxylic acids is 2. The molecule has 1 fully saturated rings. The van der Waals surface area contributed by atoms with E-state index in [4.69, 9.17) is 4.74 Å². The van der Waals surface area contributed by atoms with E-state index in [0.717, 1.165) is 23.8 Å². The van der Waals surface area contributed by atoms with Gasteiger partial charge in [-0.15, -0.1) is 0 Å². The van der Waals surface area contributed by atoms with E-state index < -0.39 is 40.0 Å². The third-order valence-corrected chi connectivity index (χ3v) is 8.35. The highest BCUT2D eigenvalue weighted by Crippen LogP contribution is 2.36. The highest BCUT2D eigenvalue weighted by atomic mass is 79.9. The number of sulfonamides is 1. The van der Waals surface area contributed by atoms with E-state index in [1.807, 2.05) is 0 Å². The summed E-state index contributed by atoms with van der Waals surface area (Å²) in [5.41, 5.74) is -0.153. The Morgan fingerprint density at radius 1 is 1.21 bits per heavy atom. The fourth-order valence-electron chi connectivity index (χ4n) is 3.87. The van der Waals surface area contributed by atoms with Gasteiger partial charge in [0.1, 0.15) is 18.1 Å². The van der Waals surface area contributed by atoms with E-state index in [0.29, 0.717) is 25.1 Å². The van der Waals surface area contributed by atoms with Crippen LogP contribution in [0.15, 0.2) is 39.7 Å². The smallest absolute Gasteiger partial charge is 0.265 e. The number of nitrogens with zero attached hydrogens (tertiary/aromatic N) is 2. The minimum absolute atomic E-state index is 0.00344. The van der Waals surface area contributed by atoms with Crippen molar-refractivity contribution in [2.75, 3.05) is 36.5 Å². The van der Waals surface area contributed by atoms with Crippen molar-refractivity contribution in [3.8, 4) is 5.75 Å². The lowest BCUT2D eigenvalue weighted by atomic mass is 10.0. The lowest BCUT2D eigenvalue weighted by Gasteiger charge is -2.31. The molecule has 2 aromatic carbocycles. The molecule has 0 unspecified atom stereocenters. The van der Waals surface area contributed by atoms with Crippen LogP contribution in [0.1, 0.15) is 19.8 Å². The monoisotopic (exact) mass is 557 g/mol. The van der Waals surface area contributed by atoms with Gasteiger partial charge in [0.15, 0.2) is 12.4 Å². The summed E-state index contributed by atoms with van der Waals surface area (Å²) in [6.07, 6.45) is 1.52. The predicted octanol–water partition coefficient (Wildman–Crippen LogP) is 3.51. The van der Waals surface area contributed by atoms with Gasteiger partial charge in [-0.3, -0.25) is 14.5 Å². The third-order valence-electron chi connectivity index (χ3n) is 5.83. The molecule has 0 aromatic heterocycles. The molecule has 34 heavy (non-hydrogen) atoms. The van der Waals surface area contributed by atoms with Crippen molar-refractivity contribution >= 4 is 49.1 Å². The first-order valence-electron chi connectivity index (χ1n) is 10.6. The van der Waals surface area contributed by atoms with Crippen LogP contribution in [0.2, 0.25) is 0 Å². The van der Waals surface area contributed by atoms with Crippen molar-refractivity contribution in [3.63, 3.8) is 0 Å². The first kappa shape index (κ1) is 24.6. The topological polar surface area (TPSA) is 96.0 Å². The van der Waals surface area contributed by atoms with E-state index in [1.165, 1.54) is 22.5 Å². The highest BCUT2D eigenvalue weighted by Gasteiger charge is 2.32. The minimum Gasteiger partial charge on any atom is -0.482 e. The Morgan fingerprint density at radius 2 is 1.91 bits per heavy atom. The van der Waals surface area contributed by atoms with Crippen molar-refractivity contribution in [2.45, 2.75) is 24.7 Å². The second kappa shape index (κ2) is 9.59. The predicted molar refractivity (Wildman–Crippen MR) is 124 cm³/mol. The average molecular weight is 558 g/mol. The first-order chi connectivity index (χ1) is 16.1. The number of piperidine rings is 1. The maximum atomic E-state index is 14.1. The number of nitrogens with one attached hydrogen (secondary N) is 1. The Kier molecular flexibility index (Phi) is 6.92. The van der Waals surface area contributed by atoms with Crippen molar-refractivity contribution in [1.29, 1.82) is 0 Å². The van der Waals surface area contributed by atoms with Crippen molar-refractivity contribution in [1.82, 2.24) is 4.31 Å². The number of amides is 2. The molecule has 0 radical (unpaired) electrons. The molecule has 2 aromatic rings. The molecule has 0 aliphatic carbocycles. The fourth-order valence-corrected chi connectivity index (χ4v) is 5.87. The Morgan fingerprint density at radius 3 is 2.59 bits per heavy atom. The van der Waals surface area contributed by atoms with Crippen LogP contribution in [0.5, 0.6) is 5.75 Å². The summed E-state index contributed by atoms with van der Waals surface area (Å²) in [5, 5.41) is 2.32. The Labute approximate surface area is 204 Å². The van der Waals surface area contributed by atoms with Gasteiger partial charge in [-0.2, -0.15) is 4.31 Å². The molecule has 12 heteroatoms. The zero-order valence-corrected chi connectivity index (χ0v) is 20.6. The van der Waals surface area contributed by atoms with E-state index >= 15 is 0 Å². The van der Waals surface area contributed by atoms with Gasteiger partial charge < -0.3 is 10.1 Å². The summed E-state index contributed by atoms with van der Waals surface area (Å²) < 4.78 is 60.5. The fraction of sp³-hybridized carbons (Fsp3) is 0.364. The largest absolute Gasteiger partial charge is 0.482 e. The van der Waals surface area contributed by atoms with Gasteiger partial charge in [-0.1, -0.05) is 6.92 Å². The molecular weight excluding hydrogens is 536 g/mol. The number of halogens is 3. The van der Waals surface area contributed by atoms with Crippen molar-refractivity contribution in [3.05, 3.63) is 46.4 Å². The Balaban J connectivity index is 1.59. The summed E-state index contributed by atoms with van der Waals surface area (Å²) in [4.78, 5) is 26.2. The summed E-state index contributed by atoms with van der Waals surface area (Å²) >= 11 is 3.00. The zero-order chi connectivity index (χ0) is 24.6. The average Bonchev–Trinajstić information content (AvgIpc) is 2.78. The zero-order valence-electron chi connectivity index (χ0n) is 18.2.